The van der Waals surface area contributed by atoms with Crippen LogP contribution in [0.1, 0.15) is 44.1 Å². The van der Waals surface area contributed by atoms with Crippen LogP contribution in [0.2, 0.25) is 0 Å². The van der Waals surface area contributed by atoms with Crippen molar-refractivity contribution in [2.75, 3.05) is 7.11 Å². The summed E-state index contributed by atoms with van der Waals surface area (Å²) >= 11 is 0. The summed E-state index contributed by atoms with van der Waals surface area (Å²) in [5.41, 5.74) is 0.655. The van der Waals surface area contributed by atoms with Gasteiger partial charge in [-0.15, -0.1) is 0 Å². The Kier molecular flexibility index (Phi) is 3.50. The minimum absolute atomic E-state index is 0.193. The van der Waals surface area contributed by atoms with Crippen LogP contribution in [0, 0.1) is 24.7 Å². The highest BCUT2D eigenvalue weighted by molar-refractivity contribution is 7.89. The molecule has 0 amide bonds. The van der Waals surface area contributed by atoms with E-state index in [0.717, 1.165) is 48.3 Å². The van der Waals surface area contributed by atoms with Crippen molar-refractivity contribution < 1.29 is 13.2 Å². The summed E-state index contributed by atoms with van der Waals surface area (Å²) in [6, 6.07) is 5.10. The highest BCUT2D eigenvalue weighted by Crippen LogP contribution is 2.55. The van der Waals surface area contributed by atoms with E-state index in [2.05, 4.69) is 4.72 Å². The molecule has 1 aromatic rings. The number of hydrogen-bond acceptors (Lipinski definition) is 3. The third-order valence-corrected chi connectivity index (χ3v) is 7.64. The van der Waals surface area contributed by atoms with Crippen molar-refractivity contribution in [2.24, 2.45) is 17.8 Å². The van der Waals surface area contributed by atoms with Gasteiger partial charge in [0.05, 0.1) is 12.0 Å². The Balaban J connectivity index is 1.61. The van der Waals surface area contributed by atoms with Crippen molar-refractivity contribution in [1.82, 2.24) is 4.72 Å². The van der Waals surface area contributed by atoms with Crippen molar-refractivity contribution in [3.8, 4) is 5.75 Å². The normalized spacial score (nSPS) is 35.5. The number of ether oxygens (including phenoxy) is 1. The van der Waals surface area contributed by atoms with Gasteiger partial charge in [0.2, 0.25) is 10.0 Å². The molecule has 0 radical (unpaired) electrons. The zero-order valence-corrected chi connectivity index (χ0v) is 14.7. The maximum absolute atomic E-state index is 12.9. The van der Waals surface area contributed by atoms with E-state index in [1.165, 1.54) is 19.3 Å². The summed E-state index contributed by atoms with van der Waals surface area (Å²) in [5, 5.41) is 0. The average molecular weight is 335 g/mol. The van der Waals surface area contributed by atoms with Crippen molar-refractivity contribution in [1.29, 1.82) is 0 Å². The topological polar surface area (TPSA) is 55.4 Å². The second-order valence-electron chi connectivity index (χ2n) is 7.93. The monoisotopic (exact) mass is 335 g/mol. The van der Waals surface area contributed by atoms with Gasteiger partial charge in [-0.3, -0.25) is 0 Å². The minimum Gasteiger partial charge on any atom is -0.496 e. The van der Waals surface area contributed by atoms with Gasteiger partial charge in [0.15, 0.2) is 0 Å². The molecule has 23 heavy (non-hydrogen) atoms. The van der Waals surface area contributed by atoms with Crippen LogP contribution in [0.4, 0.5) is 0 Å². The molecule has 4 aliphatic carbocycles. The Morgan fingerprint density at radius 1 is 1.09 bits per heavy atom. The molecule has 4 nitrogen and oxygen atoms in total. The number of nitrogens with one attached hydrogen (secondary N) is 1. The van der Waals surface area contributed by atoms with Crippen molar-refractivity contribution in [3.63, 3.8) is 0 Å². The number of sulfonamides is 1. The highest BCUT2D eigenvalue weighted by Gasteiger charge is 2.52. The van der Waals surface area contributed by atoms with Crippen LogP contribution in [0.15, 0.2) is 23.1 Å². The zero-order chi connectivity index (χ0) is 16.2. The number of benzene rings is 1. The lowest BCUT2D eigenvalue weighted by molar-refractivity contribution is -0.00810. The van der Waals surface area contributed by atoms with Crippen LogP contribution in [0.5, 0.6) is 5.75 Å². The van der Waals surface area contributed by atoms with Gasteiger partial charge in [-0.05, 0) is 87.0 Å². The maximum atomic E-state index is 12.9. The minimum atomic E-state index is -3.48. The van der Waals surface area contributed by atoms with Crippen LogP contribution in [-0.4, -0.2) is 21.1 Å². The van der Waals surface area contributed by atoms with Gasteiger partial charge in [-0.1, -0.05) is 0 Å². The van der Waals surface area contributed by atoms with E-state index in [4.69, 9.17) is 4.74 Å². The predicted octanol–water partition coefficient (Wildman–Crippen LogP) is 3.25. The molecule has 0 heterocycles. The molecule has 1 N–H and O–H groups in total. The van der Waals surface area contributed by atoms with Crippen molar-refractivity contribution >= 4 is 10.0 Å². The molecule has 4 bridgehead atoms. The summed E-state index contributed by atoms with van der Waals surface area (Å²) < 4.78 is 34.2. The second kappa shape index (κ2) is 5.21. The molecule has 0 saturated heterocycles. The Morgan fingerprint density at radius 3 is 2.13 bits per heavy atom. The van der Waals surface area contributed by atoms with Gasteiger partial charge in [0, 0.05) is 5.54 Å². The third kappa shape index (κ3) is 2.68. The molecular weight excluding hydrogens is 310 g/mol. The number of rotatable bonds is 4. The first-order valence-corrected chi connectivity index (χ1v) is 10.1. The van der Waals surface area contributed by atoms with Crippen LogP contribution in [-0.2, 0) is 10.0 Å². The molecule has 5 heteroatoms. The molecule has 126 valence electrons. The van der Waals surface area contributed by atoms with E-state index in [9.17, 15) is 8.42 Å². The van der Waals surface area contributed by atoms with Crippen LogP contribution >= 0.6 is 0 Å². The first-order chi connectivity index (χ1) is 10.9. The summed E-state index contributed by atoms with van der Waals surface area (Å²) in [7, 11) is -1.87. The quantitative estimate of drug-likeness (QED) is 0.919. The SMILES string of the molecule is COc1ccc(S(=O)(=O)NC23CC4CC(CC(C4)C2)C3)cc1C. The lowest BCUT2D eigenvalue weighted by atomic mass is 9.53. The first-order valence-electron chi connectivity index (χ1n) is 8.58. The maximum Gasteiger partial charge on any atom is 0.241 e. The molecular formula is C18H25NO3S. The molecule has 0 spiro atoms. The Labute approximate surface area is 138 Å². The van der Waals surface area contributed by atoms with Gasteiger partial charge in [0.25, 0.3) is 0 Å². The largest absolute Gasteiger partial charge is 0.496 e. The van der Waals surface area contributed by atoms with Crippen molar-refractivity contribution in [3.05, 3.63) is 23.8 Å². The van der Waals surface area contributed by atoms with E-state index in [1.54, 1.807) is 25.3 Å². The fourth-order valence-electron chi connectivity index (χ4n) is 5.60. The Bertz CT molecular complexity index is 690. The number of methoxy groups -OCH3 is 1. The summed E-state index contributed by atoms with van der Waals surface area (Å²) in [4.78, 5) is 0.353. The van der Waals surface area contributed by atoms with E-state index >= 15 is 0 Å². The van der Waals surface area contributed by atoms with E-state index in [-0.39, 0.29) is 5.54 Å². The van der Waals surface area contributed by atoms with E-state index in [0.29, 0.717) is 4.90 Å². The van der Waals surface area contributed by atoms with Gasteiger partial charge < -0.3 is 4.74 Å². The van der Waals surface area contributed by atoms with Crippen LogP contribution < -0.4 is 9.46 Å². The second-order valence-corrected chi connectivity index (χ2v) is 9.62. The summed E-state index contributed by atoms with van der Waals surface area (Å²) in [6.07, 6.45) is 6.99. The third-order valence-electron chi connectivity index (χ3n) is 6.07. The number of hydrogen-bond donors (Lipinski definition) is 1. The molecule has 5 rings (SSSR count). The molecule has 4 aliphatic rings. The van der Waals surface area contributed by atoms with Gasteiger partial charge in [0.1, 0.15) is 5.75 Å². The molecule has 0 aromatic heterocycles. The van der Waals surface area contributed by atoms with Crippen LogP contribution in [0.3, 0.4) is 0 Å². The molecule has 4 saturated carbocycles. The fourth-order valence-corrected chi connectivity index (χ4v) is 7.11. The van der Waals surface area contributed by atoms with Gasteiger partial charge in [-0.25, -0.2) is 13.1 Å². The summed E-state index contributed by atoms with van der Waals surface area (Å²) in [5.74, 6) is 2.89. The highest BCUT2D eigenvalue weighted by atomic mass is 32.2. The lowest BCUT2D eigenvalue weighted by Crippen LogP contribution is -2.59. The average Bonchev–Trinajstić information content (AvgIpc) is 2.44. The Morgan fingerprint density at radius 2 is 1.65 bits per heavy atom. The van der Waals surface area contributed by atoms with Crippen molar-refractivity contribution in [2.45, 2.75) is 55.9 Å². The predicted molar refractivity (Wildman–Crippen MR) is 89.0 cm³/mol. The molecule has 1 aromatic carbocycles. The Hall–Kier alpha value is -1.07. The fraction of sp³-hybridized carbons (Fsp3) is 0.667. The molecule has 0 unspecified atom stereocenters. The molecule has 4 fully saturated rings. The lowest BCUT2D eigenvalue weighted by Gasteiger charge is -2.56. The van der Waals surface area contributed by atoms with E-state index < -0.39 is 10.0 Å². The molecule has 0 aliphatic heterocycles. The zero-order valence-electron chi connectivity index (χ0n) is 13.8. The number of aryl methyl sites for hydroxylation is 1. The van der Waals surface area contributed by atoms with Gasteiger partial charge in [-0.2, -0.15) is 0 Å². The smallest absolute Gasteiger partial charge is 0.241 e. The van der Waals surface area contributed by atoms with Crippen LogP contribution in [0.25, 0.3) is 0 Å². The first kappa shape index (κ1) is 15.5. The van der Waals surface area contributed by atoms with E-state index in [1.807, 2.05) is 6.92 Å². The van der Waals surface area contributed by atoms with Gasteiger partial charge >= 0.3 is 0 Å². The summed E-state index contributed by atoms with van der Waals surface area (Å²) in [6.45, 7) is 1.88. The standard InChI is InChI=1S/C18H25NO3S/c1-12-5-16(3-4-17(12)22-2)23(20,21)19-18-9-13-6-14(10-18)8-15(7-13)11-18/h3-5,13-15,19H,6-11H2,1-2H3. The molecule has 0 atom stereocenters.